The minimum atomic E-state index is -0.820. The third kappa shape index (κ3) is 8.61. The molecule has 0 spiro atoms. The maximum absolute atomic E-state index is 12.2. The highest BCUT2D eigenvalue weighted by Crippen LogP contribution is 2.30. The second-order valence-corrected chi connectivity index (χ2v) is 11.3. The number of methoxy groups -OCH3 is 1. The molecule has 4 rings (SSSR count). The van der Waals surface area contributed by atoms with Gasteiger partial charge in [-0.2, -0.15) is 0 Å². The van der Waals surface area contributed by atoms with Crippen LogP contribution in [0.3, 0.4) is 0 Å². The van der Waals surface area contributed by atoms with Gasteiger partial charge in [0.1, 0.15) is 12.4 Å². The van der Waals surface area contributed by atoms with E-state index in [1.165, 1.54) is 5.56 Å². The molecule has 2 heterocycles. The number of nitrogens with zero attached hydrogens (tertiary/aromatic N) is 2. The molecule has 39 heavy (non-hydrogen) atoms. The molecular formula is C32H46N2O5. The lowest BCUT2D eigenvalue weighted by Gasteiger charge is -2.27. The Balaban J connectivity index is 1.25. The van der Waals surface area contributed by atoms with Gasteiger partial charge in [-0.15, -0.1) is 0 Å². The Kier molecular flexibility index (Phi) is 10.5. The van der Waals surface area contributed by atoms with Crippen molar-refractivity contribution in [3.63, 3.8) is 0 Å². The van der Waals surface area contributed by atoms with Gasteiger partial charge in [0.15, 0.2) is 11.5 Å². The van der Waals surface area contributed by atoms with Crippen LogP contribution in [0.25, 0.3) is 0 Å². The maximum atomic E-state index is 12.2. The summed E-state index contributed by atoms with van der Waals surface area (Å²) in [5.74, 6) is 2.58. The molecule has 2 aromatic rings. The molecule has 214 valence electrons. The summed E-state index contributed by atoms with van der Waals surface area (Å²) >= 11 is 0. The van der Waals surface area contributed by atoms with Gasteiger partial charge in [-0.1, -0.05) is 30.2 Å². The quantitative estimate of drug-likeness (QED) is 0.393. The number of aryl methyl sites for hydroxylation is 2. The van der Waals surface area contributed by atoms with Crippen LogP contribution in [-0.2, 0) is 11.3 Å². The van der Waals surface area contributed by atoms with Crippen molar-refractivity contribution in [2.75, 3.05) is 46.5 Å². The molecule has 2 aromatic carbocycles. The number of hydrogen-bond acceptors (Lipinski definition) is 6. The van der Waals surface area contributed by atoms with Gasteiger partial charge in [0.2, 0.25) is 5.91 Å². The number of aliphatic hydroxyl groups is 1. The normalized spacial score (nSPS) is 20.8. The molecule has 2 aliphatic rings. The minimum Gasteiger partial charge on any atom is -0.493 e. The molecule has 1 amide bonds. The highest BCUT2D eigenvalue weighted by Gasteiger charge is 2.31. The molecule has 2 saturated heterocycles. The van der Waals surface area contributed by atoms with E-state index in [0.29, 0.717) is 26.1 Å². The summed E-state index contributed by atoms with van der Waals surface area (Å²) in [4.78, 5) is 16.6. The van der Waals surface area contributed by atoms with Gasteiger partial charge in [-0.05, 0) is 88.2 Å². The number of rotatable bonds is 11. The first kappa shape index (κ1) is 29.2. The highest BCUT2D eigenvalue weighted by atomic mass is 16.5. The second-order valence-electron chi connectivity index (χ2n) is 11.3. The summed E-state index contributed by atoms with van der Waals surface area (Å²) in [7, 11) is 1.67. The van der Waals surface area contributed by atoms with E-state index in [2.05, 4.69) is 24.0 Å². The number of likely N-dealkylation sites (tertiary alicyclic amines) is 2. The molecule has 0 saturated carbocycles. The first-order chi connectivity index (χ1) is 18.8. The second kappa shape index (κ2) is 14.0. The van der Waals surface area contributed by atoms with Crippen molar-refractivity contribution < 1.29 is 24.1 Å². The maximum Gasteiger partial charge on any atom is 0.222 e. The van der Waals surface area contributed by atoms with Crippen LogP contribution >= 0.6 is 0 Å². The molecule has 2 fully saturated rings. The number of amides is 1. The van der Waals surface area contributed by atoms with Crippen LogP contribution in [0.5, 0.6) is 17.2 Å². The Morgan fingerprint density at radius 3 is 2.56 bits per heavy atom. The Labute approximate surface area is 234 Å². The minimum absolute atomic E-state index is 0.273. The standard InChI is InChI=1S/C32H46N2O5/c1-25-10-12-28(26(2)21-25)39-24-32(36)14-7-16-33(19-15-32)23-27-11-13-29(30(22-27)37-3)38-20-8-18-34-17-6-4-5-9-31(34)35/h10-13,21-22,36H,4-9,14-20,23-24H2,1-3H3. The van der Waals surface area contributed by atoms with Crippen molar-refractivity contribution >= 4 is 5.91 Å². The number of benzene rings is 2. The average Bonchev–Trinajstić information content (AvgIpc) is 3.24. The van der Waals surface area contributed by atoms with Crippen molar-refractivity contribution in [3.05, 3.63) is 53.1 Å². The third-order valence-electron chi connectivity index (χ3n) is 7.97. The summed E-state index contributed by atoms with van der Waals surface area (Å²) in [6.07, 6.45) is 7.05. The molecule has 1 unspecified atom stereocenters. The van der Waals surface area contributed by atoms with E-state index in [1.807, 2.05) is 36.1 Å². The molecule has 0 radical (unpaired) electrons. The molecule has 1 N–H and O–H groups in total. The SMILES string of the molecule is COc1cc(CN2CCCC(O)(COc3ccc(C)cc3C)CC2)ccc1OCCCN1CCCCCC1=O. The van der Waals surface area contributed by atoms with Crippen molar-refractivity contribution in [1.82, 2.24) is 9.80 Å². The fourth-order valence-electron chi connectivity index (χ4n) is 5.61. The zero-order chi connectivity index (χ0) is 27.7. The van der Waals surface area contributed by atoms with Gasteiger partial charge in [-0.3, -0.25) is 9.69 Å². The predicted molar refractivity (Wildman–Crippen MR) is 154 cm³/mol. The van der Waals surface area contributed by atoms with Gasteiger partial charge < -0.3 is 24.2 Å². The van der Waals surface area contributed by atoms with Crippen molar-refractivity contribution in [1.29, 1.82) is 0 Å². The van der Waals surface area contributed by atoms with E-state index in [-0.39, 0.29) is 5.91 Å². The van der Waals surface area contributed by atoms with Crippen LogP contribution in [0.2, 0.25) is 0 Å². The molecule has 7 nitrogen and oxygen atoms in total. The third-order valence-corrected chi connectivity index (χ3v) is 7.97. The first-order valence-corrected chi connectivity index (χ1v) is 14.6. The molecular weight excluding hydrogens is 492 g/mol. The molecule has 7 heteroatoms. The van der Waals surface area contributed by atoms with Crippen LogP contribution < -0.4 is 14.2 Å². The number of hydrogen-bond donors (Lipinski definition) is 1. The zero-order valence-electron chi connectivity index (χ0n) is 24.0. The lowest BCUT2D eigenvalue weighted by atomic mass is 9.96. The van der Waals surface area contributed by atoms with E-state index in [9.17, 15) is 9.90 Å². The van der Waals surface area contributed by atoms with Crippen LogP contribution in [0.1, 0.15) is 68.1 Å². The predicted octanol–water partition coefficient (Wildman–Crippen LogP) is 5.28. The molecule has 0 aromatic heterocycles. The van der Waals surface area contributed by atoms with E-state index in [4.69, 9.17) is 14.2 Å². The summed E-state index contributed by atoms with van der Waals surface area (Å²) in [5, 5.41) is 11.3. The Morgan fingerprint density at radius 1 is 0.897 bits per heavy atom. The monoisotopic (exact) mass is 538 g/mol. The van der Waals surface area contributed by atoms with Crippen LogP contribution in [-0.4, -0.2) is 72.9 Å². The van der Waals surface area contributed by atoms with Crippen LogP contribution in [0, 0.1) is 13.8 Å². The lowest BCUT2D eigenvalue weighted by molar-refractivity contribution is -0.130. The van der Waals surface area contributed by atoms with Gasteiger partial charge in [0.25, 0.3) is 0 Å². The number of carbonyl (C=O) groups is 1. The fraction of sp³-hybridized carbons (Fsp3) is 0.594. The highest BCUT2D eigenvalue weighted by molar-refractivity contribution is 5.76. The zero-order valence-corrected chi connectivity index (χ0v) is 24.0. The summed E-state index contributed by atoms with van der Waals surface area (Å²) in [5.41, 5.74) is 2.65. The van der Waals surface area contributed by atoms with Crippen LogP contribution in [0.15, 0.2) is 36.4 Å². The van der Waals surface area contributed by atoms with Gasteiger partial charge in [-0.25, -0.2) is 0 Å². The number of ether oxygens (including phenoxy) is 3. The first-order valence-electron chi connectivity index (χ1n) is 14.6. The van der Waals surface area contributed by atoms with Gasteiger partial charge in [0, 0.05) is 32.6 Å². The lowest BCUT2D eigenvalue weighted by Crippen LogP contribution is -2.37. The Hall–Kier alpha value is -2.77. The fourth-order valence-corrected chi connectivity index (χ4v) is 5.61. The van der Waals surface area contributed by atoms with E-state index in [1.54, 1.807) is 7.11 Å². The largest absolute Gasteiger partial charge is 0.493 e. The van der Waals surface area contributed by atoms with E-state index in [0.717, 1.165) is 99.6 Å². The smallest absolute Gasteiger partial charge is 0.222 e. The van der Waals surface area contributed by atoms with Crippen molar-refractivity contribution in [2.24, 2.45) is 0 Å². The Morgan fingerprint density at radius 2 is 1.74 bits per heavy atom. The summed E-state index contributed by atoms with van der Waals surface area (Å²) in [6, 6.07) is 12.3. The molecule has 1 atom stereocenters. The topological polar surface area (TPSA) is 71.5 Å². The van der Waals surface area contributed by atoms with E-state index >= 15 is 0 Å². The van der Waals surface area contributed by atoms with Crippen molar-refractivity contribution in [2.45, 2.75) is 77.4 Å². The molecule has 0 bridgehead atoms. The number of carbonyl (C=O) groups excluding carboxylic acids is 1. The van der Waals surface area contributed by atoms with Crippen molar-refractivity contribution in [3.8, 4) is 17.2 Å². The summed E-state index contributed by atoms with van der Waals surface area (Å²) in [6.45, 7) is 9.13. The molecule has 2 aliphatic heterocycles. The average molecular weight is 539 g/mol. The Bertz CT molecular complexity index is 1090. The van der Waals surface area contributed by atoms with Crippen LogP contribution in [0.4, 0.5) is 0 Å². The van der Waals surface area contributed by atoms with Gasteiger partial charge >= 0.3 is 0 Å². The molecule has 0 aliphatic carbocycles. The van der Waals surface area contributed by atoms with E-state index < -0.39 is 5.60 Å². The summed E-state index contributed by atoms with van der Waals surface area (Å²) < 4.78 is 17.7. The van der Waals surface area contributed by atoms with Gasteiger partial charge in [0.05, 0.1) is 19.3 Å².